The van der Waals surface area contributed by atoms with E-state index in [4.69, 9.17) is 28.6 Å². The van der Waals surface area contributed by atoms with Crippen molar-refractivity contribution in [1.29, 1.82) is 0 Å². The van der Waals surface area contributed by atoms with Crippen molar-refractivity contribution < 1.29 is 33.8 Å². The van der Waals surface area contributed by atoms with Crippen LogP contribution in [0.2, 0.25) is 0 Å². The SMILES string of the molecule is COc1ccc(-c2cc(=NO)c3c(OC)cc(OC)c(Oc4ccc(CC=NO)cc4)c3o2)cc1. The Kier molecular flexibility index (Phi) is 7.06. The molecular weight excluding hydrogens is 452 g/mol. The van der Waals surface area contributed by atoms with Crippen LogP contribution in [-0.2, 0) is 6.42 Å². The van der Waals surface area contributed by atoms with E-state index >= 15 is 0 Å². The lowest BCUT2D eigenvalue weighted by Gasteiger charge is -2.16. The van der Waals surface area contributed by atoms with E-state index in [2.05, 4.69) is 10.3 Å². The summed E-state index contributed by atoms with van der Waals surface area (Å²) in [5, 5.41) is 25.6. The maximum absolute atomic E-state index is 9.82. The van der Waals surface area contributed by atoms with Crippen LogP contribution in [0, 0.1) is 0 Å². The van der Waals surface area contributed by atoms with Crippen LogP contribution in [-0.4, -0.2) is 38.0 Å². The van der Waals surface area contributed by atoms with Gasteiger partial charge < -0.3 is 33.8 Å². The van der Waals surface area contributed by atoms with Crippen LogP contribution < -0.4 is 24.3 Å². The molecule has 4 rings (SSSR count). The summed E-state index contributed by atoms with van der Waals surface area (Å²) < 4.78 is 28.8. The molecule has 0 saturated carbocycles. The topological polar surface area (TPSA) is 115 Å². The van der Waals surface area contributed by atoms with Crippen LogP contribution in [0.3, 0.4) is 0 Å². The number of hydrogen-bond acceptors (Lipinski definition) is 9. The molecule has 0 bridgehead atoms. The zero-order chi connectivity index (χ0) is 24.8. The van der Waals surface area contributed by atoms with E-state index in [1.165, 1.54) is 20.4 Å². The second-order valence-electron chi connectivity index (χ2n) is 7.39. The van der Waals surface area contributed by atoms with Crippen LogP contribution in [0.25, 0.3) is 22.3 Å². The summed E-state index contributed by atoms with van der Waals surface area (Å²) in [6, 6.07) is 17.8. The Morgan fingerprint density at radius 3 is 2.11 bits per heavy atom. The van der Waals surface area contributed by atoms with Crippen molar-refractivity contribution in [1.82, 2.24) is 0 Å². The zero-order valence-electron chi connectivity index (χ0n) is 19.4. The summed E-state index contributed by atoms with van der Waals surface area (Å²) in [5.41, 5.74) is 1.95. The summed E-state index contributed by atoms with van der Waals surface area (Å²) in [7, 11) is 4.60. The molecule has 0 atom stereocenters. The van der Waals surface area contributed by atoms with Gasteiger partial charge in [0.1, 0.15) is 28.4 Å². The Labute approximate surface area is 201 Å². The largest absolute Gasteiger partial charge is 0.497 e. The van der Waals surface area contributed by atoms with Crippen LogP contribution in [0.1, 0.15) is 5.56 Å². The van der Waals surface area contributed by atoms with Gasteiger partial charge in [-0.2, -0.15) is 0 Å². The molecule has 0 aliphatic carbocycles. The molecule has 0 fully saturated rings. The van der Waals surface area contributed by atoms with Crippen LogP contribution in [0.15, 0.2) is 75.4 Å². The van der Waals surface area contributed by atoms with Crippen LogP contribution in [0.4, 0.5) is 0 Å². The van der Waals surface area contributed by atoms with Crippen molar-refractivity contribution in [3.63, 3.8) is 0 Å². The molecule has 9 heteroatoms. The maximum atomic E-state index is 9.82. The number of benzene rings is 3. The van der Waals surface area contributed by atoms with Gasteiger partial charge in [-0.1, -0.05) is 17.3 Å². The molecule has 4 aromatic rings. The molecule has 0 unspecified atom stereocenters. The van der Waals surface area contributed by atoms with E-state index < -0.39 is 0 Å². The van der Waals surface area contributed by atoms with Gasteiger partial charge in [0.25, 0.3) is 0 Å². The third-order valence-electron chi connectivity index (χ3n) is 5.38. The van der Waals surface area contributed by atoms with E-state index in [9.17, 15) is 5.21 Å². The predicted molar refractivity (Wildman–Crippen MR) is 129 cm³/mol. The maximum Gasteiger partial charge on any atom is 0.212 e. The standard InChI is InChI=1S/C26H24N2O7/c1-31-18-10-6-17(7-11-18)21-14-20(28-30)24-22(32-2)15-23(33-3)25(26(24)35-21)34-19-8-4-16(5-9-19)12-13-27-29/h4-11,13-15,29-30H,12H2,1-3H3. The zero-order valence-corrected chi connectivity index (χ0v) is 19.4. The second-order valence-corrected chi connectivity index (χ2v) is 7.39. The summed E-state index contributed by atoms with van der Waals surface area (Å²) in [6.07, 6.45) is 1.88. The molecule has 2 N–H and O–H groups in total. The monoisotopic (exact) mass is 476 g/mol. The number of ether oxygens (including phenoxy) is 4. The molecule has 0 aliphatic rings. The van der Waals surface area contributed by atoms with E-state index in [0.717, 1.165) is 11.1 Å². The minimum Gasteiger partial charge on any atom is -0.497 e. The van der Waals surface area contributed by atoms with Gasteiger partial charge in [-0.3, -0.25) is 0 Å². The van der Waals surface area contributed by atoms with Crippen molar-refractivity contribution in [3.05, 3.63) is 71.6 Å². The second kappa shape index (κ2) is 10.5. The first-order chi connectivity index (χ1) is 17.1. The third-order valence-corrected chi connectivity index (χ3v) is 5.38. The van der Waals surface area contributed by atoms with Gasteiger partial charge >= 0.3 is 0 Å². The molecule has 0 spiro atoms. The first kappa shape index (κ1) is 23.5. The van der Waals surface area contributed by atoms with Crippen molar-refractivity contribution in [3.8, 4) is 40.1 Å². The minimum atomic E-state index is 0.236. The van der Waals surface area contributed by atoms with Crippen molar-refractivity contribution in [2.24, 2.45) is 10.3 Å². The predicted octanol–water partition coefficient (Wildman–Crippen LogP) is 5.21. The molecule has 180 valence electrons. The van der Waals surface area contributed by atoms with Crippen molar-refractivity contribution in [2.45, 2.75) is 6.42 Å². The molecule has 0 amide bonds. The molecule has 1 heterocycles. The van der Waals surface area contributed by atoms with Gasteiger partial charge in [-0.05, 0) is 42.0 Å². The highest BCUT2D eigenvalue weighted by Gasteiger charge is 2.21. The first-order valence-corrected chi connectivity index (χ1v) is 10.6. The van der Waals surface area contributed by atoms with E-state index in [-0.39, 0.29) is 16.7 Å². The molecule has 1 aromatic heterocycles. The molecule has 0 aliphatic heterocycles. The summed E-state index contributed by atoms with van der Waals surface area (Å²) in [4.78, 5) is 0. The van der Waals surface area contributed by atoms with Gasteiger partial charge in [-0.25, -0.2) is 0 Å². The van der Waals surface area contributed by atoms with E-state index in [0.29, 0.717) is 40.6 Å². The average Bonchev–Trinajstić information content (AvgIpc) is 2.92. The lowest BCUT2D eigenvalue weighted by Crippen LogP contribution is -2.07. The fourth-order valence-electron chi connectivity index (χ4n) is 3.61. The lowest BCUT2D eigenvalue weighted by atomic mass is 10.1. The van der Waals surface area contributed by atoms with Crippen LogP contribution >= 0.6 is 0 Å². The highest BCUT2D eigenvalue weighted by atomic mass is 16.5. The molecule has 9 nitrogen and oxygen atoms in total. The van der Waals surface area contributed by atoms with Gasteiger partial charge in [0.05, 0.1) is 26.7 Å². The van der Waals surface area contributed by atoms with Gasteiger partial charge in [0.2, 0.25) is 5.75 Å². The number of nitrogens with zero attached hydrogens (tertiary/aromatic N) is 2. The fourth-order valence-corrected chi connectivity index (χ4v) is 3.61. The average molecular weight is 476 g/mol. The summed E-state index contributed by atoms with van der Waals surface area (Å²) >= 11 is 0. The van der Waals surface area contributed by atoms with Crippen molar-refractivity contribution >= 4 is 17.2 Å². The van der Waals surface area contributed by atoms with E-state index in [1.54, 1.807) is 43.5 Å². The van der Waals surface area contributed by atoms with E-state index in [1.807, 2.05) is 24.3 Å². The first-order valence-electron chi connectivity index (χ1n) is 10.6. The third kappa shape index (κ3) is 4.84. The number of oxime groups is 1. The smallest absolute Gasteiger partial charge is 0.212 e. The van der Waals surface area contributed by atoms with Crippen LogP contribution in [0.5, 0.6) is 28.7 Å². The van der Waals surface area contributed by atoms with Gasteiger partial charge in [0.15, 0.2) is 11.3 Å². The quantitative estimate of drug-likeness (QED) is 0.204. The summed E-state index contributed by atoms with van der Waals surface area (Å²) in [5.74, 6) is 2.70. The Morgan fingerprint density at radius 1 is 0.829 bits per heavy atom. The Hall–Kier alpha value is -4.66. The molecule has 0 saturated heterocycles. The fraction of sp³-hybridized carbons (Fsp3) is 0.154. The normalized spacial score (nSPS) is 11.7. The highest BCUT2D eigenvalue weighted by Crippen LogP contribution is 2.43. The lowest BCUT2D eigenvalue weighted by molar-refractivity contribution is 0.302. The number of rotatable bonds is 8. The molecule has 0 radical (unpaired) electrons. The highest BCUT2D eigenvalue weighted by molar-refractivity contribution is 5.92. The minimum absolute atomic E-state index is 0.236. The summed E-state index contributed by atoms with van der Waals surface area (Å²) in [6.45, 7) is 0. The molecule has 35 heavy (non-hydrogen) atoms. The Balaban J connectivity index is 1.90. The number of methoxy groups -OCH3 is 3. The molecule has 3 aromatic carbocycles. The Bertz CT molecular complexity index is 1410. The van der Waals surface area contributed by atoms with Gasteiger partial charge in [0, 0.05) is 30.3 Å². The number of hydrogen-bond donors (Lipinski definition) is 2. The Morgan fingerprint density at radius 2 is 1.51 bits per heavy atom. The van der Waals surface area contributed by atoms with Crippen molar-refractivity contribution in [2.75, 3.05) is 21.3 Å². The number of fused-ring (bicyclic) bond motifs is 1. The molecular formula is C26H24N2O7. The van der Waals surface area contributed by atoms with Gasteiger partial charge in [-0.15, -0.1) is 5.16 Å².